The van der Waals surface area contributed by atoms with E-state index in [1.54, 1.807) is 19.1 Å². The lowest BCUT2D eigenvalue weighted by Crippen LogP contribution is -2.36. The van der Waals surface area contributed by atoms with Crippen LogP contribution in [0.1, 0.15) is 27.3 Å². The number of ether oxygens (including phenoxy) is 2. The number of aromatic nitrogens is 3. The minimum atomic E-state index is -0.0721. The predicted octanol–water partition coefficient (Wildman–Crippen LogP) is 3.84. The topological polar surface area (TPSA) is 90.6 Å². The second kappa shape index (κ2) is 10.0. The summed E-state index contributed by atoms with van der Waals surface area (Å²) in [4.78, 5) is 20.0. The number of carbonyl (C=O) groups is 1. The molecule has 5 rings (SSSR count). The molecule has 0 unspecified atom stereocenters. The maximum absolute atomic E-state index is 13.5. The van der Waals surface area contributed by atoms with Gasteiger partial charge in [0.05, 0.1) is 24.3 Å². The molecular weight excluding hydrogens is 432 g/mol. The van der Waals surface area contributed by atoms with Crippen molar-refractivity contribution in [1.29, 1.82) is 0 Å². The Balaban J connectivity index is 1.32. The largest absolute Gasteiger partial charge is 0.486 e. The number of benzene rings is 2. The molecule has 1 aliphatic rings. The van der Waals surface area contributed by atoms with Gasteiger partial charge in [0, 0.05) is 30.6 Å². The lowest BCUT2D eigenvalue weighted by Gasteiger charge is -2.25. The molecule has 0 spiro atoms. The van der Waals surface area contributed by atoms with Crippen LogP contribution >= 0.6 is 0 Å². The molecule has 1 atom stereocenters. The van der Waals surface area contributed by atoms with E-state index in [2.05, 4.69) is 39.6 Å². The van der Waals surface area contributed by atoms with Gasteiger partial charge in [-0.3, -0.25) is 9.78 Å². The Morgan fingerprint density at radius 3 is 2.88 bits per heavy atom. The van der Waals surface area contributed by atoms with Gasteiger partial charge >= 0.3 is 0 Å². The summed E-state index contributed by atoms with van der Waals surface area (Å²) in [6.45, 7) is 4.22. The van der Waals surface area contributed by atoms with E-state index in [9.17, 15) is 4.79 Å². The van der Waals surface area contributed by atoms with Gasteiger partial charge in [0.25, 0.3) is 5.91 Å². The van der Waals surface area contributed by atoms with Crippen molar-refractivity contribution >= 4 is 16.8 Å². The monoisotopic (exact) mass is 458 g/mol. The Bertz CT molecular complexity index is 1280. The highest BCUT2D eigenvalue weighted by Crippen LogP contribution is 2.25. The van der Waals surface area contributed by atoms with Gasteiger partial charge in [-0.05, 0) is 37.1 Å². The molecule has 1 amide bonds. The third-order valence-corrected chi connectivity index (χ3v) is 6.08. The number of pyridine rings is 1. The van der Waals surface area contributed by atoms with E-state index in [1.807, 2.05) is 29.3 Å². The van der Waals surface area contributed by atoms with Crippen LogP contribution in [0.3, 0.4) is 0 Å². The van der Waals surface area contributed by atoms with Gasteiger partial charge in [-0.25, -0.2) is 4.63 Å². The first kappa shape index (κ1) is 22.0. The lowest BCUT2D eigenvalue weighted by atomic mass is 9.97. The number of para-hydroxylation sites is 2. The summed E-state index contributed by atoms with van der Waals surface area (Å²) in [5.41, 5.74) is 3.96. The minimum absolute atomic E-state index is 0.0721. The molecule has 0 bridgehead atoms. The fourth-order valence-corrected chi connectivity index (χ4v) is 4.30. The highest BCUT2D eigenvalue weighted by molar-refractivity contribution is 5.97. The Kier molecular flexibility index (Phi) is 6.49. The summed E-state index contributed by atoms with van der Waals surface area (Å²) >= 11 is 0. The molecule has 174 valence electrons. The van der Waals surface area contributed by atoms with E-state index in [0.717, 1.165) is 17.3 Å². The second-order valence-corrected chi connectivity index (χ2v) is 8.47. The summed E-state index contributed by atoms with van der Waals surface area (Å²) in [7, 11) is 0. The zero-order valence-corrected chi connectivity index (χ0v) is 19.0. The van der Waals surface area contributed by atoms with Crippen LogP contribution in [-0.4, -0.2) is 52.4 Å². The summed E-state index contributed by atoms with van der Waals surface area (Å²) in [6.07, 6.45) is 2.60. The molecule has 8 nitrogen and oxygen atoms in total. The van der Waals surface area contributed by atoms with Gasteiger partial charge < -0.3 is 14.4 Å². The van der Waals surface area contributed by atoms with Crippen LogP contribution in [0.5, 0.6) is 5.75 Å². The van der Waals surface area contributed by atoms with Crippen LogP contribution in [0.25, 0.3) is 10.9 Å². The van der Waals surface area contributed by atoms with Crippen LogP contribution < -0.4 is 4.74 Å². The van der Waals surface area contributed by atoms with E-state index in [0.29, 0.717) is 49.0 Å². The lowest BCUT2D eigenvalue weighted by molar-refractivity contribution is 0.0732. The third kappa shape index (κ3) is 4.77. The summed E-state index contributed by atoms with van der Waals surface area (Å²) in [6, 6.07) is 17.5. The Morgan fingerprint density at radius 2 is 2.00 bits per heavy atom. The van der Waals surface area contributed by atoms with Crippen molar-refractivity contribution in [2.45, 2.75) is 20.0 Å². The Labute approximate surface area is 197 Å². The van der Waals surface area contributed by atoms with Gasteiger partial charge in [-0.15, -0.1) is 0 Å². The molecule has 34 heavy (non-hydrogen) atoms. The molecule has 2 aromatic carbocycles. The highest BCUT2D eigenvalue weighted by Gasteiger charge is 2.26. The quantitative estimate of drug-likeness (QED) is 0.434. The predicted molar refractivity (Wildman–Crippen MR) is 125 cm³/mol. The molecule has 8 heteroatoms. The first-order valence-corrected chi connectivity index (χ1v) is 11.4. The van der Waals surface area contributed by atoms with Crippen molar-refractivity contribution in [2.24, 2.45) is 5.92 Å². The fraction of sp³-hybridized carbons (Fsp3) is 0.308. The van der Waals surface area contributed by atoms with Crippen LogP contribution in [0, 0.1) is 12.8 Å². The minimum Gasteiger partial charge on any atom is -0.486 e. The number of nitrogens with zero attached hydrogens (tertiary/aromatic N) is 4. The Hall–Kier alpha value is -3.78. The molecule has 0 N–H and O–H groups in total. The third-order valence-electron chi connectivity index (χ3n) is 6.08. The zero-order valence-electron chi connectivity index (χ0n) is 19.0. The first-order valence-electron chi connectivity index (χ1n) is 11.4. The molecule has 2 aromatic heterocycles. The van der Waals surface area contributed by atoms with Crippen LogP contribution in [-0.2, 0) is 17.8 Å². The second-order valence-electron chi connectivity index (χ2n) is 8.47. The van der Waals surface area contributed by atoms with Crippen molar-refractivity contribution < 1.29 is 18.9 Å². The van der Waals surface area contributed by atoms with E-state index in [4.69, 9.17) is 14.1 Å². The van der Waals surface area contributed by atoms with Gasteiger partial charge in [-0.2, -0.15) is 0 Å². The molecule has 1 fully saturated rings. The SMILES string of the molecule is Cc1nonc1COc1ccccc1C(=O)N1CCOC[C@@H](Cc2cccc3cccnc23)C1. The van der Waals surface area contributed by atoms with Gasteiger partial charge in [0.2, 0.25) is 0 Å². The van der Waals surface area contributed by atoms with Gasteiger partial charge in [0.1, 0.15) is 23.7 Å². The molecule has 1 aliphatic heterocycles. The van der Waals surface area contributed by atoms with Gasteiger partial charge in [0.15, 0.2) is 0 Å². The Morgan fingerprint density at radius 1 is 1.12 bits per heavy atom. The molecule has 0 radical (unpaired) electrons. The fourth-order valence-electron chi connectivity index (χ4n) is 4.30. The molecule has 0 saturated carbocycles. The number of aryl methyl sites for hydroxylation is 1. The molecule has 4 aromatic rings. The summed E-state index contributed by atoms with van der Waals surface area (Å²) < 4.78 is 16.5. The van der Waals surface area contributed by atoms with Gasteiger partial charge in [-0.1, -0.05) is 46.7 Å². The van der Waals surface area contributed by atoms with Crippen molar-refractivity contribution in [3.8, 4) is 5.75 Å². The highest BCUT2D eigenvalue weighted by atomic mass is 16.6. The summed E-state index contributed by atoms with van der Waals surface area (Å²) in [5, 5.41) is 8.74. The first-order chi connectivity index (χ1) is 16.7. The summed E-state index contributed by atoms with van der Waals surface area (Å²) in [5.74, 6) is 0.600. The smallest absolute Gasteiger partial charge is 0.257 e. The van der Waals surface area contributed by atoms with Crippen LogP contribution in [0.15, 0.2) is 65.4 Å². The maximum atomic E-state index is 13.5. The number of carbonyl (C=O) groups excluding carboxylic acids is 1. The molecule has 0 aliphatic carbocycles. The van der Waals surface area contributed by atoms with Crippen molar-refractivity contribution in [3.05, 3.63) is 83.3 Å². The van der Waals surface area contributed by atoms with Crippen molar-refractivity contribution in [1.82, 2.24) is 20.2 Å². The number of amides is 1. The average molecular weight is 459 g/mol. The van der Waals surface area contributed by atoms with Crippen molar-refractivity contribution in [2.75, 3.05) is 26.3 Å². The number of fused-ring (bicyclic) bond motifs is 1. The number of hydrogen-bond acceptors (Lipinski definition) is 7. The zero-order chi connectivity index (χ0) is 23.3. The van der Waals surface area contributed by atoms with Crippen molar-refractivity contribution in [3.63, 3.8) is 0 Å². The van der Waals surface area contributed by atoms with Crippen LogP contribution in [0.4, 0.5) is 0 Å². The van der Waals surface area contributed by atoms with E-state index >= 15 is 0 Å². The molecule has 3 heterocycles. The maximum Gasteiger partial charge on any atom is 0.257 e. The molecule has 1 saturated heterocycles. The standard InChI is InChI=1S/C26H26N4O4/c1-18-23(29-34-28-18)17-33-24-10-3-2-9-22(24)26(31)30-12-13-32-16-19(15-30)14-21-7-4-6-20-8-5-11-27-25(20)21/h2-11,19H,12-17H2,1H3/t19-/m0/s1. The normalized spacial score (nSPS) is 16.4. The van der Waals surface area contributed by atoms with E-state index < -0.39 is 0 Å². The molecular formula is C26H26N4O4. The number of hydrogen-bond donors (Lipinski definition) is 0. The van der Waals surface area contributed by atoms with E-state index in [1.165, 1.54) is 5.56 Å². The van der Waals surface area contributed by atoms with E-state index in [-0.39, 0.29) is 18.4 Å². The van der Waals surface area contributed by atoms with Crippen LogP contribution in [0.2, 0.25) is 0 Å². The average Bonchev–Trinajstić information content (AvgIpc) is 3.14. The number of rotatable bonds is 6.